The quantitative estimate of drug-likeness (QED) is 0.0289. The predicted octanol–water partition coefficient (Wildman–Crippen LogP) is 8.32. The van der Waals surface area contributed by atoms with Gasteiger partial charge in [0.25, 0.3) is 0 Å². The standard InChI is InChI=1S/C36H60NO7P/c1-5-6-7-8-9-10-11-12-13-14-15-16-17-18-19-20-21-22-23-24-25-26-27-28-29-30-36(39)42-33-35(38)34-44-45(40,41)43-32-31-37(2,3)4/h10-11,13-14,16-17,19-20,22-23,25-26,28-29,35,38H,5-9,12,15,18,21,24,27,30-34H2,1-4H3/p+1/t35-/m1/s1. The van der Waals surface area contributed by atoms with Crippen LogP contribution in [0.15, 0.2) is 85.1 Å². The van der Waals surface area contributed by atoms with Gasteiger partial charge in [-0.25, -0.2) is 4.57 Å². The summed E-state index contributed by atoms with van der Waals surface area (Å²) < 4.78 is 27.0. The predicted molar refractivity (Wildman–Crippen MR) is 187 cm³/mol. The molecule has 0 aromatic carbocycles. The molecule has 0 fully saturated rings. The maximum absolute atomic E-state index is 11.8. The molecule has 0 aliphatic heterocycles. The lowest BCUT2D eigenvalue weighted by atomic mass is 10.1. The van der Waals surface area contributed by atoms with Gasteiger partial charge < -0.3 is 19.2 Å². The topological polar surface area (TPSA) is 102 Å². The summed E-state index contributed by atoms with van der Waals surface area (Å²) in [5, 5.41) is 9.85. The number of likely N-dealkylation sites (N-methyl/N-ethyl adjacent to an activating group) is 1. The number of quaternary nitrogens is 1. The Hall–Kier alpha value is -2.32. The molecule has 0 aromatic rings. The van der Waals surface area contributed by atoms with Gasteiger partial charge in [0.05, 0.1) is 34.2 Å². The zero-order valence-electron chi connectivity index (χ0n) is 28.3. The number of aliphatic hydroxyl groups excluding tert-OH is 1. The molecule has 0 amide bonds. The van der Waals surface area contributed by atoms with Crippen LogP contribution in [0, 0.1) is 0 Å². The molecule has 0 spiro atoms. The van der Waals surface area contributed by atoms with E-state index in [9.17, 15) is 19.4 Å². The first kappa shape index (κ1) is 42.7. The van der Waals surface area contributed by atoms with Gasteiger partial charge in [-0.1, -0.05) is 111 Å². The number of phosphoric ester groups is 1. The molecular weight excluding hydrogens is 589 g/mol. The molecule has 0 saturated carbocycles. The number of unbranched alkanes of at least 4 members (excludes halogenated alkanes) is 4. The number of esters is 1. The minimum Gasteiger partial charge on any atom is -0.463 e. The molecule has 45 heavy (non-hydrogen) atoms. The molecular formula is C36H61NO7P+. The fourth-order valence-electron chi connectivity index (χ4n) is 3.56. The summed E-state index contributed by atoms with van der Waals surface area (Å²) in [5.41, 5.74) is 0. The Morgan fingerprint density at radius 2 is 1.16 bits per heavy atom. The van der Waals surface area contributed by atoms with Crippen LogP contribution in [0.1, 0.15) is 84.0 Å². The number of nitrogens with zero attached hydrogens (tertiary/aromatic N) is 1. The first-order valence-electron chi connectivity index (χ1n) is 16.4. The second kappa shape index (κ2) is 29.1. The Morgan fingerprint density at radius 1 is 0.689 bits per heavy atom. The van der Waals surface area contributed by atoms with Gasteiger partial charge in [-0.3, -0.25) is 13.8 Å². The Morgan fingerprint density at radius 3 is 1.62 bits per heavy atom. The molecule has 9 heteroatoms. The summed E-state index contributed by atoms with van der Waals surface area (Å²) in [4.78, 5) is 21.5. The van der Waals surface area contributed by atoms with Crippen LogP contribution in [-0.4, -0.2) is 74.1 Å². The summed E-state index contributed by atoms with van der Waals surface area (Å²) in [6.07, 6.45) is 40.5. The molecule has 0 aromatic heterocycles. The molecule has 0 aliphatic carbocycles. The second-order valence-electron chi connectivity index (χ2n) is 11.7. The summed E-state index contributed by atoms with van der Waals surface area (Å²) in [5.74, 6) is -0.504. The Kier molecular flexibility index (Phi) is 27.6. The number of carbonyl (C=O) groups excluding carboxylic acids is 1. The van der Waals surface area contributed by atoms with Gasteiger partial charge in [-0.15, -0.1) is 0 Å². The van der Waals surface area contributed by atoms with Crippen LogP contribution in [0.3, 0.4) is 0 Å². The van der Waals surface area contributed by atoms with Gasteiger partial charge >= 0.3 is 13.8 Å². The van der Waals surface area contributed by atoms with E-state index in [4.69, 9.17) is 13.8 Å². The number of hydrogen-bond acceptors (Lipinski definition) is 6. The van der Waals surface area contributed by atoms with Crippen LogP contribution in [0.25, 0.3) is 0 Å². The first-order chi connectivity index (χ1) is 21.6. The Bertz CT molecular complexity index is 990. The van der Waals surface area contributed by atoms with Gasteiger partial charge in [0.15, 0.2) is 0 Å². The largest absolute Gasteiger partial charge is 0.472 e. The number of aliphatic hydroxyl groups is 1. The van der Waals surface area contributed by atoms with Crippen molar-refractivity contribution in [3.05, 3.63) is 85.1 Å². The lowest BCUT2D eigenvalue weighted by molar-refractivity contribution is -0.870. The minimum atomic E-state index is -4.27. The van der Waals surface area contributed by atoms with Crippen molar-refractivity contribution in [3.8, 4) is 0 Å². The molecule has 0 heterocycles. The van der Waals surface area contributed by atoms with Crippen molar-refractivity contribution in [1.29, 1.82) is 0 Å². The molecule has 0 radical (unpaired) electrons. The van der Waals surface area contributed by atoms with Crippen LogP contribution < -0.4 is 0 Å². The van der Waals surface area contributed by atoms with Crippen molar-refractivity contribution >= 4 is 13.8 Å². The molecule has 0 rings (SSSR count). The van der Waals surface area contributed by atoms with Crippen molar-refractivity contribution in [2.24, 2.45) is 0 Å². The maximum atomic E-state index is 11.8. The minimum absolute atomic E-state index is 0.0351. The average Bonchev–Trinajstić information content (AvgIpc) is 2.98. The lowest BCUT2D eigenvalue weighted by Crippen LogP contribution is -2.37. The fourth-order valence-corrected chi connectivity index (χ4v) is 4.30. The lowest BCUT2D eigenvalue weighted by Gasteiger charge is -2.24. The monoisotopic (exact) mass is 650 g/mol. The van der Waals surface area contributed by atoms with Crippen LogP contribution >= 0.6 is 7.82 Å². The third kappa shape index (κ3) is 34.4. The summed E-state index contributed by atoms with van der Waals surface area (Å²) in [7, 11) is 1.50. The van der Waals surface area contributed by atoms with Gasteiger partial charge in [0.2, 0.25) is 0 Å². The highest BCUT2D eigenvalue weighted by Crippen LogP contribution is 2.43. The van der Waals surface area contributed by atoms with Crippen molar-refractivity contribution in [2.45, 2.75) is 90.1 Å². The number of hydrogen-bond donors (Lipinski definition) is 2. The average molecular weight is 651 g/mol. The van der Waals surface area contributed by atoms with Gasteiger partial charge in [0.1, 0.15) is 25.9 Å². The molecule has 0 aliphatic rings. The number of rotatable bonds is 28. The highest BCUT2D eigenvalue weighted by molar-refractivity contribution is 7.47. The summed E-state index contributed by atoms with van der Waals surface area (Å²) >= 11 is 0. The smallest absolute Gasteiger partial charge is 0.463 e. The van der Waals surface area contributed by atoms with Gasteiger partial charge in [-0.05, 0) is 51.4 Å². The molecule has 2 atom stereocenters. The van der Waals surface area contributed by atoms with E-state index in [1.54, 1.807) is 6.08 Å². The van der Waals surface area contributed by atoms with Crippen LogP contribution in [0.5, 0.6) is 0 Å². The summed E-state index contributed by atoms with van der Waals surface area (Å²) in [6, 6.07) is 0. The van der Waals surface area contributed by atoms with E-state index in [2.05, 4.69) is 73.8 Å². The van der Waals surface area contributed by atoms with Gasteiger partial charge in [0, 0.05) is 0 Å². The molecule has 2 N–H and O–H groups in total. The molecule has 256 valence electrons. The number of ether oxygens (including phenoxy) is 1. The Balaban J connectivity index is 3.79. The highest BCUT2D eigenvalue weighted by atomic mass is 31.2. The summed E-state index contributed by atoms with van der Waals surface area (Å²) in [6.45, 7) is 1.98. The van der Waals surface area contributed by atoms with E-state index < -0.39 is 26.5 Å². The van der Waals surface area contributed by atoms with Gasteiger partial charge in [-0.2, -0.15) is 0 Å². The fraction of sp³-hybridized carbons (Fsp3) is 0.583. The van der Waals surface area contributed by atoms with E-state index >= 15 is 0 Å². The van der Waals surface area contributed by atoms with Crippen molar-refractivity contribution in [1.82, 2.24) is 0 Å². The normalized spacial score (nSPS) is 15.2. The van der Waals surface area contributed by atoms with Crippen LogP contribution in [0.4, 0.5) is 0 Å². The van der Waals surface area contributed by atoms with E-state index in [1.165, 1.54) is 32.1 Å². The van der Waals surface area contributed by atoms with E-state index in [1.807, 2.05) is 33.3 Å². The molecule has 8 nitrogen and oxygen atoms in total. The maximum Gasteiger partial charge on any atom is 0.472 e. The second-order valence-corrected chi connectivity index (χ2v) is 13.2. The third-order valence-electron chi connectivity index (χ3n) is 6.19. The number of phosphoric acid groups is 1. The zero-order valence-corrected chi connectivity index (χ0v) is 29.2. The molecule has 0 bridgehead atoms. The SMILES string of the molecule is CCCCCCC=CCC=CCC=CCC=CCC=CCC=CCC=CCC(=O)OC[C@@H](O)COP(=O)(O)OCC[N+](C)(C)C. The number of carbonyl (C=O) groups is 1. The highest BCUT2D eigenvalue weighted by Gasteiger charge is 2.24. The molecule has 0 saturated heterocycles. The van der Waals surface area contributed by atoms with E-state index in [-0.39, 0.29) is 19.6 Å². The molecule has 1 unspecified atom stereocenters. The first-order valence-corrected chi connectivity index (χ1v) is 17.9. The van der Waals surface area contributed by atoms with E-state index in [0.717, 1.165) is 32.1 Å². The number of allylic oxidation sites excluding steroid dienone is 13. The zero-order chi connectivity index (χ0) is 33.5. The van der Waals surface area contributed by atoms with Crippen LogP contribution in [0.2, 0.25) is 0 Å². The van der Waals surface area contributed by atoms with Crippen molar-refractivity contribution in [3.63, 3.8) is 0 Å². The van der Waals surface area contributed by atoms with E-state index in [0.29, 0.717) is 17.4 Å². The third-order valence-corrected chi connectivity index (χ3v) is 7.18. The Labute approximate surface area is 273 Å². The van der Waals surface area contributed by atoms with Crippen LogP contribution in [-0.2, 0) is 23.1 Å². The van der Waals surface area contributed by atoms with Crippen molar-refractivity contribution < 1.29 is 37.6 Å². The van der Waals surface area contributed by atoms with Crippen molar-refractivity contribution in [2.75, 3.05) is 47.5 Å².